The lowest BCUT2D eigenvalue weighted by atomic mass is 9.94. The van der Waals surface area contributed by atoms with Crippen molar-refractivity contribution < 1.29 is 23.1 Å². The number of carbonyl (C=O) groups excluding carboxylic acids is 2. The van der Waals surface area contributed by atoms with Gasteiger partial charge in [-0.05, 0) is 35.4 Å². The fourth-order valence-electron chi connectivity index (χ4n) is 3.97. The molecule has 0 spiro atoms. The molecule has 0 atom stereocenters. The minimum atomic E-state index is -2.92. The molecule has 33 heavy (non-hydrogen) atoms. The van der Waals surface area contributed by atoms with E-state index in [4.69, 9.17) is 4.74 Å². The highest BCUT2D eigenvalue weighted by Gasteiger charge is 2.46. The van der Waals surface area contributed by atoms with Crippen molar-refractivity contribution in [2.75, 3.05) is 12.5 Å². The lowest BCUT2D eigenvalue weighted by molar-refractivity contribution is -0.126. The summed E-state index contributed by atoms with van der Waals surface area (Å²) in [5.74, 6) is -0.621. The lowest BCUT2D eigenvalue weighted by Crippen LogP contribution is -2.60. The molecule has 3 aromatic rings. The lowest BCUT2D eigenvalue weighted by Gasteiger charge is -2.29. The molecule has 1 aliphatic rings. The molecule has 1 heterocycles. The number of amides is 2. The monoisotopic (exact) mass is 455 g/mol. The molecule has 172 valence electrons. The second-order valence-corrected chi connectivity index (χ2v) is 7.87. The molecule has 0 fully saturated rings. The highest BCUT2D eigenvalue weighted by Crippen LogP contribution is 2.31. The van der Waals surface area contributed by atoms with Crippen molar-refractivity contribution in [1.29, 1.82) is 0 Å². The molecule has 0 bridgehead atoms. The van der Waals surface area contributed by atoms with Crippen LogP contribution in [0.3, 0.4) is 0 Å². The van der Waals surface area contributed by atoms with Crippen LogP contribution in [0.2, 0.25) is 0 Å². The van der Waals surface area contributed by atoms with Crippen molar-refractivity contribution in [3.05, 3.63) is 77.1 Å². The minimum absolute atomic E-state index is 0.218. The van der Waals surface area contributed by atoms with Crippen LogP contribution >= 0.6 is 0 Å². The number of hydrogen-bond donors (Lipinski definition) is 3. The molecule has 1 aliphatic carbocycles. The van der Waals surface area contributed by atoms with Crippen LogP contribution in [0.1, 0.15) is 33.6 Å². The zero-order chi connectivity index (χ0) is 23.6. The van der Waals surface area contributed by atoms with Gasteiger partial charge in [0, 0.05) is 26.1 Å². The summed E-state index contributed by atoms with van der Waals surface area (Å²) in [4.78, 5) is 26.4. The molecule has 0 saturated heterocycles. The number of nitrogens with zero attached hydrogens (tertiary/aromatic N) is 2. The molecule has 3 N–H and O–H groups in total. The molecule has 1 aromatic heterocycles. The molecule has 0 unspecified atom stereocenters. The van der Waals surface area contributed by atoms with Crippen LogP contribution in [0.4, 0.5) is 14.5 Å². The van der Waals surface area contributed by atoms with Gasteiger partial charge in [-0.1, -0.05) is 24.3 Å². The first-order valence-corrected chi connectivity index (χ1v) is 10.2. The number of fused-ring (bicyclic) bond motifs is 1. The average molecular weight is 455 g/mol. The second-order valence-electron chi connectivity index (χ2n) is 7.87. The number of rotatable bonds is 7. The zero-order valence-corrected chi connectivity index (χ0v) is 18.1. The van der Waals surface area contributed by atoms with E-state index in [1.54, 1.807) is 31.4 Å². The van der Waals surface area contributed by atoms with Gasteiger partial charge in [0.15, 0.2) is 0 Å². The Morgan fingerprint density at radius 1 is 1.09 bits per heavy atom. The second kappa shape index (κ2) is 8.89. The minimum Gasteiger partial charge on any atom is -0.497 e. The standard InChI is InChI=1S/C23H23F2N5O3/c1-30-13-18(19(29-30)20(24)25)21(31)26-23(11-14-5-3-4-6-15(14)12-23)22(32)28-27-16-7-9-17(33-2)10-8-16/h3-10,13,20,27H,11-12H2,1-2H3,(H,26,31)(H,28,32). The van der Waals surface area contributed by atoms with Crippen molar-refractivity contribution in [1.82, 2.24) is 20.5 Å². The molecule has 0 saturated carbocycles. The molecule has 4 rings (SSSR count). The summed E-state index contributed by atoms with van der Waals surface area (Å²) >= 11 is 0. The van der Waals surface area contributed by atoms with Gasteiger partial charge in [0.25, 0.3) is 18.2 Å². The summed E-state index contributed by atoms with van der Waals surface area (Å²) in [5.41, 5.74) is 5.62. The maximum absolute atomic E-state index is 13.4. The molecule has 10 heteroatoms. The third-order valence-electron chi connectivity index (χ3n) is 5.61. The van der Waals surface area contributed by atoms with Crippen molar-refractivity contribution in [2.45, 2.75) is 24.8 Å². The van der Waals surface area contributed by atoms with Crippen molar-refractivity contribution in [3.8, 4) is 5.75 Å². The van der Waals surface area contributed by atoms with Crippen LogP contribution in [-0.4, -0.2) is 34.2 Å². The Balaban J connectivity index is 1.58. The predicted molar refractivity (Wildman–Crippen MR) is 117 cm³/mol. The van der Waals surface area contributed by atoms with Crippen LogP contribution in [-0.2, 0) is 24.7 Å². The zero-order valence-electron chi connectivity index (χ0n) is 18.1. The van der Waals surface area contributed by atoms with Crippen LogP contribution in [0.5, 0.6) is 5.75 Å². The number of aromatic nitrogens is 2. The summed E-state index contributed by atoms with van der Waals surface area (Å²) in [5, 5.41) is 6.41. The Labute approximate surface area is 188 Å². The molecular formula is C23H23F2N5O3. The largest absolute Gasteiger partial charge is 0.497 e. The number of nitrogens with one attached hydrogen (secondary N) is 3. The van der Waals surface area contributed by atoms with Crippen molar-refractivity contribution in [3.63, 3.8) is 0 Å². The number of ether oxygens (including phenoxy) is 1. The number of alkyl halides is 2. The normalized spacial score (nSPS) is 14.0. The number of hydrazine groups is 1. The Hall–Kier alpha value is -3.95. The van der Waals surface area contributed by atoms with E-state index in [0.29, 0.717) is 11.4 Å². The van der Waals surface area contributed by atoms with Gasteiger partial charge < -0.3 is 10.1 Å². The summed E-state index contributed by atoms with van der Waals surface area (Å²) < 4.78 is 33.1. The van der Waals surface area contributed by atoms with Gasteiger partial charge in [-0.2, -0.15) is 5.10 Å². The summed E-state index contributed by atoms with van der Waals surface area (Å²) in [6.45, 7) is 0. The quantitative estimate of drug-likeness (QED) is 0.476. The average Bonchev–Trinajstić information content (AvgIpc) is 3.39. The third-order valence-corrected chi connectivity index (χ3v) is 5.61. The molecule has 0 radical (unpaired) electrons. The maximum atomic E-state index is 13.4. The van der Waals surface area contributed by atoms with E-state index in [2.05, 4.69) is 21.3 Å². The smallest absolute Gasteiger partial charge is 0.282 e. The Kier molecular flexibility index (Phi) is 5.99. The molecule has 2 aromatic carbocycles. The van der Waals surface area contributed by atoms with E-state index < -0.39 is 29.5 Å². The van der Waals surface area contributed by atoms with Gasteiger partial charge in [-0.25, -0.2) is 8.78 Å². The van der Waals surface area contributed by atoms with Crippen LogP contribution in [0.25, 0.3) is 0 Å². The maximum Gasteiger partial charge on any atom is 0.282 e. The van der Waals surface area contributed by atoms with Crippen LogP contribution in [0.15, 0.2) is 54.7 Å². The number of carbonyl (C=O) groups is 2. The number of hydrogen-bond acceptors (Lipinski definition) is 5. The number of aryl methyl sites for hydroxylation is 1. The van der Waals surface area contributed by atoms with Crippen LogP contribution < -0.4 is 20.9 Å². The number of anilines is 1. The van der Waals surface area contributed by atoms with Gasteiger partial charge in [0.2, 0.25) is 0 Å². The topological polar surface area (TPSA) is 97.3 Å². The van der Waals surface area contributed by atoms with Crippen LogP contribution in [0, 0.1) is 0 Å². The number of benzene rings is 2. The van der Waals surface area contributed by atoms with E-state index in [1.807, 2.05) is 24.3 Å². The van der Waals surface area contributed by atoms with E-state index in [9.17, 15) is 18.4 Å². The van der Waals surface area contributed by atoms with E-state index in [-0.39, 0.29) is 18.4 Å². The summed E-state index contributed by atoms with van der Waals surface area (Å²) in [7, 11) is 3.01. The van der Waals surface area contributed by atoms with Gasteiger partial charge >= 0.3 is 0 Å². The van der Waals surface area contributed by atoms with E-state index in [1.165, 1.54) is 13.2 Å². The van der Waals surface area contributed by atoms with Crippen molar-refractivity contribution in [2.24, 2.45) is 7.05 Å². The summed E-state index contributed by atoms with van der Waals surface area (Å²) in [6.07, 6.45) is -1.26. The fourth-order valence-corrected chi connectivity index (χ4v) is 3.97. The predicted octanol–water partition coefficient (Wildman–Crippen LogP) is 2.78. The van der Waals surface area contributed by atoms with Crippen molar-refractivity contribution >= 4 is 17.5 Å². The molecule has 2 amide bonds. The fraction of sp³-hybridized carbons (Fsp3) is 0.261. The molecule has 0 aliphatic heterocycles. The third kappa shape index (κ3) is 4.50. The first-order chi connectivity index (χ1) is 15.8. The number of halogens is 2. The highest BCUT2D eigenvalue weighted by atomic mass is 19.3. The van der Waals surface area contributed by atoms with Gasteiger partial charge in [-0.3, -0.25) is 25.1 Å². The van der Waals surface area contributed by atoms with E-state index >= 15 is 0 Å². The Bertz CT molecular complexity index is 1150. The number of methoxy groups -OCH3 is 1. The molecular weight excluding hydrogens is 432 g/mol. The van der Waals surface area contributed by atoms with E-state index in [0.717, 1.165) is 15.8 Å². The first-order valence-electron chi connectivity index (χ1n) is 10.2. The van der Waals surface area contributed by atoms with Gasteiger partial charge in [-0.15, -0.1) is 0 Å². The Morgan fingerprint density at radius 2 is 1.73 bits per heavy atom. The summed E-state index contributed by atoms with van der Waals surface area (Å²) in [6, 6.07) is 14.3. The highest BCUT2D eigenvalue weighted by molar-refractivity contribution is 6.00. The SMILES string of the molecule is COc1ccc(NNC(=O)C2(NC(=O)c3cn(C)nc3C(F)F)Cc3ccccc3C2)cc1. The molecule has 8 nitrogen and oxygen atoms in total. The van der Waals surface area contributed by atoms with Gasteiger partial charge in [0.05, 0.1) is 18.4 Å². The first kappa shape index (κ1) is 22.3. The van der Waals surface area contributed by atoms with Gasteiger partial charge in [0.1, 0.15) is 17.0 Å². The Morgan fingerprint density at radius 3 is 2.30 bits per heavy atom.